The average molecular weight is 521 g/mol. The summed E-state index contributed by atoms with van der Waals surface area (Å²) in [7, 11) is 0. The van der Waals surface area contributed by atoms with Crippen LogP contribution in [-0.4, -0.2) is 41.4 Å². The Kier molecular flexibility index (Phi) is 5.92. The molecular weight excluding hydrogens is 498 g/mol. The van der Waals surface area contributed by atoms with Gasteiger partial charge in [0, 0.05) is 22.7 Å². The largest absolute Gasteiger partial charge is 0.484 e. The number of benzene rings is 2. The molecule has 2 amide bonds. The lowest BCUT2D eigenvalue weighted by molar-refractivity contribution is -0.136. The van der Waals surface area contributed by atoms with Gasteiger partial charge in [0.2, 0.25) is 0 Å². The van der Waals surface area contributed by atoms with Gasteiger partial charge in [-0.2, -0.15) is 0 Å². The highest BCUT2D eigenvalue weighted by Gasteiger charge is 2.58. The first-order valence-electron chi connectivity index (χ1n) is 11.3. The fourth-order valence-corrected chi connectivity index (χ4v) is 5.58. The summed E-state index contributed by atoms with van der Waals surface area (Å²) < 4.78 is 24.8. The van der Waals surface area contributed by atoms with Gasteiger partial charge in [0.15, 0.2) is 18.0 Å². The Balaban J connectivity index is 1.16. The highest BCUT2D eigenvalue weighted by Crippen LogP contribution is 2.52. The molecule has 3 aliphatic carbocycles. The molecule has 0 aromatic heterocycles. The Labute approximate surface area is 211 Å². The van der Waals surface area contributed by atoms with Gasteiger partial charge in [0.1, 0.15) is 17.3 Å². The molecule has 2 unspecified atom stereocenters. The lowest BCUT2D eigenvalue weighted by Gasteiger charge is -2.39. The first-order chi connectivity index (χ1) is 16.6. The molecule has 0 radical (unpaired) electrons. The maximum absolute atomic E-state index is 13.5. The van der Waals surface area contributed by atoms with Crippen LogP contribution in [0.5, 0.6) is 11.5 Å². The van der Waals surface area contributed by atoms with Crippen LogP contribution in [0.1, 0.15) is 43.0 Å². The molecule has 2 atom stereocenters. The van der Waals surface area contributed by atoms with E-state index in [0.29, 0.717) is 22.8 Å². The van der Waals surface area contributed by atoms with Crippen LogP contribution in [0.2, 0.25) is 10.0 Å². The summed E-state index contributed by atoms with van der Waals surface area (Å²) >= 11 is 11.6. The maximum Gasteiger partial charge on any atom is 0.264 e. The van der Waals surface area contributed by atoms with Crippen LogP contribution in [-0.2, 0) is 9.59 Å². The molecule has 3 fully saturated rings. The molecule has 2 bridgehead atoms. The molecule has 0 saturated heterocycles. The molecule has 2 aromatic carbocycles. The van der Waals surface area contributed by atoms with Crippen LogP contribution in [0, 0.1) is 11.7 Å². The molecule has 35 heavy (non-hydrogen) atoms. The van der Waals surface area contributed by atoms with E-state index < -0.39 is 17.0 Å². The van der Waals surface area contributed by atoms with Crippen molar-refractivity contribution < 1.29 is 28.2 Å². The van der Waals surface area contributed by atoms with Crippen LogP contribution in [0.15, 0.2) is 36.4 Å². The van der Waals surface area contributed by atoms with Crippen molar-refractivity contribution in [3.63, 3.8) is 0 Å². The van der Waals surface area contributed by atoms with Crippen molar-refractivity contribution in [2.24, 2.45) is 5.92 Å². The van der Waals surface area contributed by atoms with Gasteiger partial charge in [-0.25, -0.2) is 4.39 Å². The normalized spacial score (nSPS) is 28.4. The van der Waals surface area contributed by atoms with Gasteiger partial charge >= 0.3 is 0 Å². The standard InChI is InChI=1S/C25H23Cl2FN2O5/c1-24(11-20(31)16-6-14(26)2-5-21(16)35-24)23(33)29-19-10-25(8-13(19)9-25)30-22(32)12-34-15-3-4-17(27)18(28)7-15/h2-7,13,19H,8-12H2,1H3,(H,29,33)(H,30,32). The SMILES string of the molecule is CC1(C(=O)NC2CC3(NC(=O)COc4ccc(Cl)c(F)c4)CC2C3)CC(=O)c2cc(Cl)ccc2O1. The molecule has 1 heterocycles. The summed E-state index contributed by atoms with van der Waals surface area (Å²) in [6.07, 6.45) is 1.95. The number of halogens is 3. The van der Waals surface area contributed by atoms with E-state index in [-0.39, 0.29) is 53.4 Å². The van der Waals surface area contributed by atoms with E-state index in [2.05, 4.69) is 10.6 Å². The average Bonchev–Trinajstić information content (AvgIpc) is 3.28. The second kappa shape index (κ2) is 8.68. The number of ketones is 1. The first kappa shape index (κ1) is 23.9. The van der Waals surface area contributed by atoms with E-state index >= 15 is 0 Å². The third-order valence-corrected chi connectivity index (χ3v) is 7.56. The van der Waals surface area contributed by atoms with Gasteiger partial charge in [-0.1, -0.05) is 23.2 Å². The number of rotatable bonds is 6. The second-order valence-electron chi connectivity index (χ2n) is 9.72. The molecule has 2 aromatic rings. The van der Waals surface area contributed by atoms with Gasteiger partial charge in [-0.05, 0) is 62.4 Å². The predicted molar refractivity (Wildman–Crippen MR) is 126 cm³/mol. The molecule has 7 nitrogen and oxygen atoms in total. The number of amides is 2. The third-order valence-electron chi connectivity index (χ3n) is 7.02. The number of nitrogens with one attached hydrogen (secondary N) is 2. The molecule has 1 aliphatic heterocycles. The summed E-state index contributed by atoms with van der Waals surface area (Å²) in [6, 6.07) is 8.59. The van der Waals surface area contributed by atoms with Gasteiger partial charge in [-0.3, -0.25) is 14.4 Å². The van der Waals surface area contributed by atoms with Crippen LogP contribution in [0.3, 0.4) is 0 Å². The van der Waals surface area contributed by atoms with Crippen LogP contribution in [0.25, 0.3) is 0 Å². The third kappa shape index (κ3) is 4.57. The lowest BCUT2D eigenvalue weighted by Crippen LogP contribution is -2.55. The maximum atomic E-state index is 13.5. The number of ether oxygens (including phenoxy) is 2. The summed E-state index contributed by atoms with van der Waals surface area (Å²) in [4.78, 5) is 38.2. The number of hydrogen-bond acceptors (Lipinski definition) is 5. The Hall–Kier alpha value is -2.84. The van der Waals surface area contributed by atoms with E-state index in [9.17, 15) is 18.8 Å². The van der Waals surface area contributed by atoms with E-state index in [0.717, 1.165) is 18.9 Å². The zero-order valence-corrected chi connectivity index (χ0v) is 20.3. The van der Waals surface area contributed by atoms with Crippen molar-refractivity contribution in [2.45, 2.75) is 49.8 Å². The number of fused-ring (bicyclic) bond motifs is 2. The number of hydrogen-bond donors (Lipinski definition) is 2. The van der Waals surface area contributed by atoms with E-state index in [1.165, 1.54) is 12.1 Å². The van der Waals surface area contributed by atoms with Gasteiger partial charge in [-0.15, -0.1) is 0 Å². The quantitative estimate of drug-likeness (QED) is 0.598. The Bertz CT molecular complexity index is 1230. The smallest absolute Gasteiger partial charge is 0.264 e. The van der Waals surface area contributed by atoms with Crippen molar-refractivity contribution in [2.75, 3.05) is 6.61 Å². The van der Waals surface area contributed by atoms with Gasteiger partial charge in [0.05, 0.1) is 17.0 Å². The summed E-state index contributed by atoms with van der Waals surface area (Å²) in [5, 5.41) is 6.44. The van der Waals surface area contributed by atoms with Gasteiger partial charge < -0.3 is 20.1 Å². The number of carbonyl (C=O) groups excluding carboxylic acids is 3. The first-order valence-corrected chi connectivity index (χ1v) is 12.0. The van der Waals surface area contributed by atoms with Crippen molar-refractivity contribution in [1.29, 1.82) is 0 Å². The van der Waals surface area contributed by atoms with E-state index in [1.807, 2.05) is 0 Å². The Morgan fingerprint density at radius 1 is 1.17 bits per heavy atom. The zero-order chi connectivity index (χ0) is 25.0. The minimum absolute atomic E-state index is 0.0225. The predicted octanol–water partition coefficient (Wildman–Crippen LogP) is 4.09. The molecule has 6 rings (SSSR count). The van der Waals surface area contributed by atoms with Crippen LogP contribution < -0.4 is 20.1 Å². The Morgan fingerprint density at radius 3 is 2.69 bits per heavy atom. The highest BCUT2D eigenvalue weighted by molar-refractivity contribution is 6.31. The molecule has 184 valence electrons. The summed E-state index contributed by atoms with van der Waals surface area (Å²) in [5.74, 6) is -0.743. The molecule has 10 heteroatoms. The minimum Gasteiger partial charge on any atom is -0.484 e. The molecule has 2 N–H and O–H groups in total. The van der Waals surface area contributed by atoms with Crippen molar-refractivity contribution in [1.82, 2.24) is 10.6 Å². The fourth-order valence-electron chi connectivity index (χ4n) is 5.29. The van der Waals surface area contributed by atoms with Crippen molar-refractivity contribution in [3.05, 3.63) is 57.8 Å². The van der Waals surface area contributed by atoms with Gasteiger partial charge in [0.25, 0.3) is 11.8 Å². The van der Waals surface area contributed by atoms with E-state index in [4.69, 9.17) is 32.7 Å². The minimum atomic E-state index is -1.33. The van der Waals surface area contributed by atoms with E-state index in [1.54, 1.807) is 25.1 Å². The summed E-state index contributed by atoms with van der Waals surface area (Å²) in [5.41, 5.74) is -1.37. The second-order valence-corrected chi connectivity index (χ2v) is 10.6. The van der Waals surface area contributed by atoms with Crippen LogP contribution >= 0.6 is 23.2 Å². The number of carbonyl (C=O) groups is 3. The van der Waals surface area contributed by atoms with Crippen LogP contribution in [0.4, 0.5) is 4.39 Å². The fraction of sp³-hybridized carbons (Fsp3) is 0.400. The summed E-state index contributed by atoms with van der Waals surface area (Å²) in [6.45, 7) is 1.34. The van der Waals surface area contributed by atoms with Crippen molar-refractivity contribution >= 4 is 40.8 Å². The van der Waals surface area contributed by atoms with Crippen molar-refractivity contribution in [3.8, 4) is 11.5 Å². The molecule has 4 aliphatic rings. The lowest BCUT2D eigenvalue weighted by atomic mass is 9.76. The zero-order valence-electron chi connectivity index (χ0n) is 18.8. The monoisotopic (exact) mass is 520 g/mol. The molecular formula is C25H23Cl2FN2O5. The topological polar surface area (TPSA) is 93.7 Å². The highest BCUT2D eigenvalue weighted by atomic mass is 35.5. The Morgan fingerprint density at radius 2 is 1.94 bits per heavy atom. The molecule has 0 spiro atoms. The molecule has 3 saturated carbocycles. The number of Topliss-reactive ketones (excluding diaryl/α,β-unsaturated/α-hetero) is 1.